The molecule has 0 bridgehead atoms. The van der Waals surface area contributed by atoms with Crippen LogP contribution in [0, 0.1) is 11.8 Å². The molecule has 1 amide bonds. The van der Waals surface area contributed by atoms with E-state index in [0.717, 1.165) is 31.8 Å². The lowest BCUT2D eigenvalue weighted by molar-refractivity contribution is -0.130. The van der Waals surface area contributed by atoms with Gasteiger partial charge in [0.25, 0.3) is 0 Å². The van der Waals surface area contributed by atoms with Gasteiger partial charge in [-0.25, -0.2) is 0 Å². The molecular weight excluding hydrogens is 324 g/mol. The monoisotopic (exact) mass is 356 g/mol. The number of nitrogens with zero attached hydrogens (tertiary/aromatic N) is 1. The van der Waals surface area contributed by atoms with E-state index in [1.807, 2.05) is 13.0 Å². The van der Waals surface area contributed by atoms with Gasteiger partial charge in [0.1, 0.15) is 0 Å². The van der Waals surface area contributed by atoms with Crippen LogP contribution < -0.4 is 5.32 Å². The summed E-state index contributed by atoms with van der Waals surface area (Å²) < 4.78 is 0. The van der Waals surface area contributed by atoms with Crippen molar-refractivity contribution in [3.05, 3.63) is 35.9 Å². The van der Waals surface area contributed by atoms with Crippen LogP contribution >= 0.6 is 0 Å². The Labute approximate surface area is 157 Å². The summed E-state index contributed by atoms with van der Waals surface area (Å²) >= 11 is 0. The van der Waals surface area contributed by atoms with Crippen molar-refractivity contribution in [1.29, 1.82) is 0 Å². The Hall–Kier alpha value is -1.39. The first-order valence-corrected chi connectivity index (χ1v) is 10.4. The van der Waals surface area contributed by atoms with E-state index in [9.17, 15) is 9.90 Å². The molecule has 2 saturated carbocycles. The average Bonchev–Trinajstić information content (AvgIpc) is 3.36. The third-order valence-electron chi connectivity index (χ3n) is 6.64. The molecule has 2 N–H and O–H groups in total. The Kier molecular flexibility index (Phi) is 5.07. The van der Waals surface area contributed by atoms with Gasteiger partial charge < -0.3 is 10.4 Å². The lowest BCUT2D eigenvalue weighted by atomic mass is 9.79. The standard InChI is InChI=1S/C22H32N2O2/c1-22(26)13-14-24(15-16-7-5-6-8-16)19(17-9-3-2-4-10-17)20(22)23-21(25)18-11-12-18/h2-4,9-10,16,18-20,26H,5-8,11-15H2,1H3,(H,23,25). The number of piperidine rings is 1. The van der Waals surface area contributed by atoms with E-state index >= 15 is 0 Å². The largest absolute Gasteiger partial charge is 0.388 e. The maximum atomic E-state index is 12.5. The quantitative estimate of drug-likeness (QED) is 0.851. The van der Waals surface area contributed by atoms with Crippen LogP contribution in [0.3, 0.4) is 0 Å². The minimum absolute atomic E-state index is 0.0447. The van der Waals surface area contributed by atoms with Crippen molar-refractivity contribution in [3.63, 3.8) is 0 Å². The number of benzene rings is 1. The van der Waals surface area contributed by atoms with Crippen LogP contribution in [0.15, 0.2) is 30.3 Å². The van der Waals surface area contributed by atoms with Gasteiger partial charge in [0.15, 0.2) is 0 Å². The zero-order chi connectivity index (χ0) is 18.1. The predicted octanol–water partition coefficient (Wildman–Crippen LogP) is 3.27. The molecule has 2 aliphatic carbocycles. The van der Waals surface area contributed by atoms with E-state index in [1.54, 1.807) is 0 Å². The highest BCUT2D eigenvalue weighted by molar-refractivity contribution is 5.81. The molecule has 3 unspecified atom stereocenters. The fourth-order valence-electron chi connectivity index (χ4n) is 4.85. The van der Waals surface area contributed by atoms with Crippen molar-refractivity contribution in [2.24, 2.45) is 11.8 Å². The van der Waals surface area contributed by atoms with Crippen molar-refractivity contribution in [1.82, 2.24) is 10.2 Å². The third kappa shape index (κ3) is 3.81. The molecule has 1 heterocycles. The molecule has 1 aromatic carbocycles. The van der Waals surface area contributed by atoms with Gasteiger partial charge in [-0.3, -0.25) is 9.69 Å². The summed E-state index contributed by atoms with van der Waals surface area (Å²) in [7, 11) is 0. The SMILES string of the molecule is CC1(O)CCN(CC2CCCC2)C(c2ccccc2)C1NC(=O)C1CC1. The summed E-state index contributed by atoms with van der Waals surface area (Å²) in [6, 6.07) is 10.2. The molecular formula is C22H32N2O2. The summed E-state index contributed by atoms with van der Waals surface area (Å²) in [5, 5.41) is 14.4. The maximum Gasteiger partial charge on any atom is 0.223 e. The van der Waals surface area contributed by atoms with Gasteiger partial charge in [-0.15, -0.1) is 0 Å². The summed E-state index contributed by atoms with van der Waals surface area (Å²) in [6.45, 7) is 3.86. The molecule has 4 heteroatoms. The van der Waals surface area contributed by atoms with Crippen LogP contribution in [0.4, 0.5) is 0 Å². The Bertz CT molecular complexity index is 620. The second kappa shape index (κ2) is 7.32. The van der Waals surface area contributed by atoms with Crippen molar-refractivity contribution >= 4 is 5.91 Å². The van der Waals surface area contributed by atoms with E-state index in [2.05, 4.69) is 34.5 Å². The molecule has 142 valence electrons. The Morgan fingerprint density at radius 1 is 1.19 bits per heavy atom. The highest BCUT2D eigenvalue weighted by Gasteiger charge is 2.47. The summed E-state index contributed by atoms with van der Waals surface area (Å²) in [5.74, 6) is 1.04. The fraction of sp³-hybridized carbons (Fsp3) is 0.682. The second-order valence-corrected chi connectivity index (χ2v) is 8.87. The molecule has 0 aromatic heterocycles. The highest BCUT2D eigenvalue weighted by atomic mass is 16.3. The first kappa shape index (κ1) is 18.0. The summed E-state index contributed by atoms with van der Waals surface area (Å²) in [6.07, 6.45) is 7.99. The fourth-order valence-corrected chi connectivity index (χ4v) is 4.85. The Balaban J connectivity index is 1.62. The van der Waals surface area contributed by atoms with Crippen LogP contribution in [0.2, 0.25) is 0 Å². The molecule has 0 radical (unpaired) electrons. The number of amides is 1. The van der Waals surface area contributed by atoms with Crippen molar-refractivity contribution < 1.29 is 9.90 Å². The normalized spacial score (nSPS) is 33.3. The van der Waals surface area contributed by atoms with Crippen LogP contribution in [-0.2, 0) is 4.79 Å². The van der Waals surface area contributed by atoms with Gasteiger partial charge in [-0.2, -0.15) is 0 Å². The maximum absolute atomic E-state index is 12.5. The van der Waals surface area contributed by atoms with Gasteiger partial charge in [-0.1, -0.05) is 43.2 Å². The van der Waals surface area contributed by atoms with Gasteiger partial charge >= 0.3 is 0 Å². The Morgan fingerprint density at radius 2 is 1.88 bits per heavy atom. The van der Waals surface area contributed by atoms with E-state index in [1.165, 1.54) is 31.2 Å². The topological polar surface area (TPSA) is 52.6 Å². The number of hydrogen-bond acceptors (Lipinski definition) is 3. The molecule has 3 fully saturated rings. The smallest absolute Gasteiger partial charge is 0.223 e. The molecule has 1 aromatic rings. The molecule has 4 nitrogen and oxygen atoms in total. The van der Waals surface area contributed by atoms with E-state index in [-0.39, 0.29) is 23.9 Å². The predicted molar refractivity (Wildman–Crippen MR) is 103 cm³/mol. The molecule has 26 heavy (non-hydrogen) atoms. The number of aliphatic hydroxyl groups is 1. The van der Waals surface area contributed by atoms with E-state index in [0.29, 0.717) is 6.42 Å². The van der Waals surface area contributed by atoms with Gasteiger partial charge in [-0.05, 0) is 50.5 Å². The van der Waals surface area contributed by atoms with Crippen molar-refractivity contribution in [2.45, 2.75) is 69.6 Å². The lowest BCUT2D eigenvalue weighted by Gasteiger charge is -2.50. The van der Waals surface area contributed by atoms with Gasteiger partial charge in [0.2, 0.25) is 5.91 Å². The van der Waals surface area contributed by atoms with Crippen LogP contribution in [0.1, 0.15) is 63.5 Å². The number of rotatable bonds is 5. The molecule has 3 aliphatic rings. The van der Waals surface area contributed by atoms with Crippen LogP contribution in [0.25, 0.3) is 0 Å². The first-order chi connectivity index (χ1) is 12.5. The van der Waals surface area contributed by atoms with Crippen molar-refractivity contribution in [2.75, 3.05) is 13.1 Å². The second-order valence-electron chi connectivity index (χ2n) is 8.87. The van der Waals surface area contributed by atoms with E-state index < -0.39 is 5.60 Å². The van der Waals surface area contributed by atoms with Crippen molar-refractivity contribution in [3.8, 4) is 0 Å². The number of nitrogens with one attached hydrogen (secondary N) is 1. The zero-order valence-electron chi connectivity index (χ0n) is 15.9. The zero-order valence-corrected chi connectivity index (χ0v) is 15.9. The number of carbonyl (C=O) groups excluding carboxylic acids is 1. The number of hydrogen-bond donors (Lipinski definition) is 2. The molecule has 1 saturated heterocycles. The lowest BCUT2D eigenvalue weighted by Crippen LogP contribution is -2.63. The summed E-state index contributed by atoms with van der Waals surface area (Å²) in [5.41, 5.74) is 0.323. The van der Waals surface area contributed by atoms with Crippen LogP contribution in [-0.4, -0.2) is 40.6 Å². The Morgan fingerprint density at radius 3 is 2.54 bits per heavy atom. The van der Waals surface area contributed by atoms with Gasteiger partial charge in [0.05, 0.1) is 17.7 Å². The highest BCUT2D eigenvalue weighted by Crippen LogP contribution is 2.40. The molecule has 1 aliphatic heterocycles. The molecule has 3 atom stereocenters. The minimum atomic E-state index is -0.878. The molecule has 0 spiro atoms. The summed E-state index contributed by atoms with van der Waals surface area (Å²) in [4.78, 5) is 15.1. The molecule has 4 rings (SSSR count). The van der Waals surface area contributed by atoms with Gasteiger partial charge in [0, 0.05) is 19.0 Å². The average molecular weight is 357 g/mol. The number of likely N-dealkylation sites (tertiary alicyclic amines) is 1. The number of carbonyl (C=O) groups is 1. The minimum Gasteiger partial charge on any atom is -0.388 e. The first-order valence-electron chi connectivity index (χ1n) is 10.4. The third-order valence-corrected chi connectivity index (χ3v) is 6.64. The van der Waals surface area contributed by atoms with Crippen LogP contribution in [0.5, 0.6) is 0 Å². The van der Waals surface area contributed by atoms with E-state index in [4.69, 9.17) is 0 Å².